The molecule has 0 aliphatic rings. The second-order valence-corrected chi connectivity index (χ2v) is 1.01. The lowest BCUT2D eigenvalue weighted by molar-refractivity contribution is 0.393. The summed E-state index contributed by atoms with van der Waals surface area (Å²) >= 11 is 0. The van der Waals surface area contributed by atoms with Gasteiger partial charge in [0, 0.05) is 12.6 Å². The fourth-order valence-electron chi connectivity index (χ4n) is 0.118. The molecule has 0 heterocycles. The monoisotopic (exact) mass is 87.1 g/mol. The highest BCUT2D eigenvalue weighted by Gasteiger charge is 1.77. The van der Waals surface area contributed by atoms with Crippen LogP contribution in [0.2, 0.25) is 0 Å². The van der Waals surface area contributed by atoms with Gasteiger partial charge in [0.2, 0.25) is 0 Å². The molecule has 0 saturated heterocycles. The highest BCUT2D eigenvalue weighted by molar-refractivity contribution is 4.83. The van der Waals surface area contributed by atoms with Crippen molar-refractivity contribution in [1.82, 2.24) is 0 Å². The summed E-state index contributed by atoms with van der Waals surface area (Å²) in [6, 6.07) is 0. The van der Waals surface area contributed by atoms with Crippen molar-refractivity contribution in [2.75, 3.05) is 0 Å². The van der Waals surface area contributed by atoms with Gasteiger partial charge in [-0.15, -0.1) is 0 Å². The van der Waals surface area contributed by atoms with Crippen molar-refractivity contribution in [2.24, 2.45) is 5.73 Å². The normalized spacial score (nSPS) is 11.8. The zero-order chi connectivity index (χ0) is 4.99. The summed E-state index contributed by atoms with van der Waals surface area (Å²) in [4.78, 5) is 0. The maximum atomic E-state index is 8.40. The van der Waals surface area contributed by atoms with E-state index in [1.807, 2.05) is 6.92 Å². The molecule has 0 atom stereocenters. The summed E-state index contributed by atoms with van der Waals surface area (Å²) in [5, 5.41) is 8.40. The van der Waals surface area contributed by atoms with E-state index in [2.05, 4.69) is 0 Å². The van der Waals surface area contributed by atoms with Crippen LogP contribution in [0, 0.1) is 0 Å². The molecular formula is C4H9NO. The largest absolute Gasteiger partial charge is 0.511 e. The topological polar surface area (TPSA) is 46.2 Å². The minimum absolute atomic E-state index is 0.245. The fraction of sp³-hybridized carbons (Fsp3) is 0.500. The van der Waals surface area contributed by atoms with Crippen LogP contribution in [0.5, 0.6) is 0 Å². The Morgan fingerprint density at radius 1 is 2.00 bits per heavy atom. The number of hydrogen-bond donors (Lipinski definition) is 2. The molecule has 6 heavy (non-hydrogen) atoms. The van der Waals surface area contributed by atoms with Gasteiger partial charge in [-0.05, 0) is 0 Å². The van der Waals surface area contributed by atoms with Gasteiger partial charge in [-0.25, -0.2) is 0 Å². The molecule has 0 fully saturated rings. The van der Waals surface area contributed by atoms with Crippen molar-refractivity contribution < 1.29 is 5.11 Å². The summed E-state index contributed by atoms with van der Waals surface area (Å²) in [5.74, 6) is 0.245. The lowest BCUT2D eigenvalue weighted by atomic mass is 10.4. The van der Waals surface area contributed by atoms with E-state index >= 15 is 0 Å². The summed E-state index contributed by atoms with van der Waals surface area (Å²) in [6.45, 7) is 1.83. The summed E-state index contributed by atoms with van der Waals surface area (Å²) in [7, 11) is 0. The van der Waals surface area contributed by atoms with Gasteiger partial charge < -0.3 is 10.8 Å². The standard InChI is InChI=1S/C4H9NO/c1-2-4(6)3-5/h3,6H,2,5H2,1H3/b4-3-. The Kier molecular flexibility index (Phi) is 2.29. The van der Waals surface area contributed by atoms with Gasteiger partial charge in [-0.1, -0.05) is 6.92 Å². The first-order valence-corrected chi connectivity index (χ1v) is 1.91. The third-order valence-electron chi connectivity index (χ3n) is 0.555. The number of allylic oxidation sites excluding steroid dienone is 1. The molecule has 0 bridgehead atoms. The van der Waals surface area contributed by atoms with Gasteiger partial charge in [0.25, 0.3) is 0 Å². The molecular weight excluding hydrogens is 78.1 g/mol. The first-order chi connectivity index (χ1) is 2.81. The highest BCUT2D eigenvalue weighted by atomic mass is 16.3. The van der Waals surface area contributed by atoms with E-state index in [-0.39, 0.29) is 5.76 Å². The maximum absolute atomic E-state index is 8.40. The number of aliphatic hydroxyl groups excluding tert-OH is 1. The van der Waals surface area contributed by atoms with E-state index in [4.69, 9.17) is 10.8 Å². The third-order valence-corrected chi connectivity index (χ3v) is 0.555. The van der Waals surface area contributed by atoms with Crippen molar-refractivity contribution in [1.29, 1.82) is 0 Å². The van der Waals surface area contributed by atoms with Crippen LogP contribution in [0.1, 0.15) is 13.3 Å². The van der Waals surface area contributed by atoms with Crippen molar-refractivity contribution in [3.05, 3.63) is 12.0 Å². The predicted molar refractivity (Wildman–Crippen MR) is 25.2 cm³/mol. The minimum atomic E-state index is 0.245. The van der Waals surface area contributed by atoms with E-state index in [9.17, 15) is 0 Å². The van der Waals surface area contributed by atoms with Crippen LogP contribution in [0.25, 0.3) is 0 Å². The summed E-state index contributed by atoms with van der Waals surface area (Å²) in [6.07, 6.45) is 1.82. The van der Waals surface area contributed by atoms with Crippen LogP contribution in [-0.4, -0.2) is 5.11 Å². The van der Waals surface area contributed by atoms with Gasteiger partial charge in [0.1, 0.15) is 5.76 Å². The molecule has 0 radical (unpaired) electrons. The molecule has 0 spiro atoms. The number of aliphatic hydroxyl groups is 1. The van der Waals surface area contributed by atoms with E-state index in [0.29, 0.717) is 6.42 Å². The van der Waals surface area contributed by atoms with Crippen LogP contribution in [0.3, 0.4) is 0 Å². The highest BCUT2D eigenvalue weighted by Crippen LogP contribution is 1.87. The van der Waals surface area contributed by atoms with Gasteiger partial charge in [-0.2, -0.15) is 0 Å². The second kappa shape index (κ2) is 2.57. The van der Waals surface area contributed by atoms with Crippen LogP contribution in [0.4, 0.5) is 0 Å². The maximum Gasteiger partial charge on any atom is 0.107 e. The molecule has 0 unspecified atom stereocenters. The lowest BCUT2D eigenvalue weighted by Gasteiger charge is -1.84. The Hall–Kier alpha value is -0.660. The quantitative estimate of drug-likeness (QED) is 0.464. The molecule has 2 heteroatoms. The van der Waals surface area contributed by atoms with Crippen molar-refractivity contribution in [3.8, 4) is 0 Å². The third kappa shape index (κ3) is 1.64. The van der Waals surface area contributed by atoms with E-state index in [0.717, 1.165) is 0 Å². The molecule has 2 nitrogen and oxygen atoms in total. The van der Waals surface area contributed by atoms with Gasteiger partial charge in [-0.3, -0.25) is 0 Å². The summed E-state index contributed by atoms with van der Waals surface area (Å²) < 4.78 is 0. The molecule has 0 aliphatic carbocycles. The first-order valence-electron chi connectivity index (χ1n) is 1.91. The Morgan fingerprint density at radius 3 is 2.50 bits per heavy atom. The van der Waals surface area contributed by atoms with Crippen LogP contribution in [0.15, 0.2) is 12.0 Å². The molecule has 0 saturated carbocycles. The number of rotatable bonds is 1. The van der Waals surface area contributed by atoms with E-state index in [1.54, 1.807) is 0 Å². The van der Waals surface area contributed by atoms with Crippen LogP contribution < -0.4 is 5.73 Å². The van der Waals surface area contributed by atoms with Gasteiger partial charge in [0.05, 0.1) is 0 Å². The molecule has 3 N–H and O–H groups in total. The first kappa shape index (κ1) is 5.34. The van der Waals surface area contributed by atoms with Gasteiger partial charge >= 0.3 is 0 Å². The number of hydrogen-bond acceptors (Lipinski definition) is 2. The summed E-state index contributed by atoms with van der Waals surface area (Å²) in [5.41, 5.74) is 4.87. The molecule has 36 valence electrons. The zero-order valence-electron chi connectivity index (χ0n) is 3.81. The average Bonchev–Trinajstić information content (AvgIpc) is 1.65. The Morgan fingerprint density at radius 2 is 2.50 bits per heavy atom. The molecule has 0 rings (SSSR count). The van der Waals surface area contributed by atoms with Crippen LogP contribution in [-0.2, 0) is 0 Å². The number of nitrogens with two attached hydrogens (primary N) is 1. The van der Waals surface area contributed by atoms with Crippen molar-refractivity contribution in [3.63, 3.8) is 0 Å². The molecule has 0 aromatic heterocycles. The smallest absolute Gasteiger partial charge is 0.107 e. The zero-order valence-corrected chi connectivity index (χ0v) is 3.81. The van der Waals surface area contributed by atoms with Crippen LogP contribution >= 0.6 is 0 Å². The Balaban J connectivity index is 3.22. The van der Waals surface area contributed by atoms with E-state index < -0.39 is 0 Å². The lowest BCUT2D eigenvalue weighted by Crippen LogP contribution is -1.83. The molecule has 0 amide bonds. The second-order valence-electron chi connectivity index (χ2n) is 1.01. The Labute approximate surface area is 37.3 Å². The fourth-order valence-corrected chi connectivity index (χ4v) is 0.118. The van der Waals surface area contributed by atoms with Crippen molar-refractivity contribution >= 4 is 0 Å². The van der Waals surface area contributed by atoms with E-state index in [1.165, 1.54) is 6.20 Å². The Bertz CT molecular complexity index is 58.6. The molecule has 0 aliphatic heterocycles. The molecule has 0 aromatic rings. The predicted octanol–water partition coefficient (Wildman–Crippen LogP) is 0.755. The SMILES string of the molecule is CC/C(O)=C/N. The molecule has 0 aromatic carbocycles. The van der Waals surface area contributed by atoms with Crippen molar-refractivity contribution in [2.45, 2.75) is 13.3 Å². The average molecular weight is 87.1 g/mol. The minimum Gasteiger partial charge on any atom is -0.511 e. The van der Waals surface area contributed by atoms with Gasteiger partial charge in [0.15, 0.2) is 0 Å².